The number of carboxylic acids is 1. The van der Waals surface area contributed by atoms with Crippen molar-refractivity contribution in [3.63, 3.8) is 0 Å². The molecule has 0 saturated carbocycles. The topological polar surface area (TPSA) is 66.4 Å². The lowest BCUT2D eigenvalue weighted by atomic mass is 10.0. The van der Waals surface area contributed by atoms with Gasteiger partial charge in [-0.2, -0.15) is 0 Å². The molecule has 1 amide bonds. The Kier molecular flexibility index (Phi) is 24.0. The average Bonchev–Trinajstić information content (AvgIpc) is 2.61. The molecule has 150 valence electrons. The molecule has 0 atom stereocenters. The van der Waals surface area contributed by atoms with Crippen molar-refractivity contribution >= 4 is 11.9 Å². The number of carbonyl (C=O) groups is 2. The highest BCUT2D eigenvalue weighted by Gasteiger charge is 2.02. The fourth-order valence-corrected chi connectivity index (χ4v) is 2.68. The quantitative estimate of drug-likeness (QED) is 0.310. The maximum Gasteiger partial charge on any atom is 0.303 e. The first-order valence-electron chi connectivity index (χ1n) is 10.6. The summed E-state index contributed by atoms with van der Waals surface area (Å²) in [6, 6.07) is 0. The van der Waals surface area contributed by atoms with E-state index in [0.29, 0.717) is 19.4 Å². The van der Waals surface area contributed by atoms with Gasteiger partial charge in [-0.05, 0) is 12.8 Å². The van der Waals surface area contributed by atoms with Gasteiger partial charge in [0.2, 0.25) is 5.91 Å². The first kappa shape index (κ1) is 26.2. The van der Waals surface area contributed by atoms with E-state index in [1.165, 1.54) is 64.2 Å². The number of amides is 1. The monoisotopic (exact) mass is 357 g/mol. The minimum atomic E-state index is -0.805. The third-order valence-electron chi connectivity index (χ3n) is 4.15. The first-order valence-corrected chi connectivity index (χ1v) is 10.6. The van der Waals surface area contributed by atoms with Crippen LogP contribution in [0.3, 0.4) is 0 Å². The molecule has 25 heavy (non-hydrogen) atoms. The van der Waals surface area contributed by atoms with E-state index in [9.17, 15) is 9.59 Å². The van der Waals surface area contributed by atoms with Gasteiger partial charge >= 0.3 is 5.97 Å². The maximum absolute atomic E-state index is 11.5. The SMILES string of the molecule is CC.CCCCCCCCCCCCCCC(=O)NCCCC(=O)O. The minimum Gasteiger partial charge on any atom is -0.481 e. The number of nitrogens with one attached hydrogen (secondary N) is 1. The molecule has 0 radical (unpaired) electrons. The van der Waals surface area contributed by atoms with Crippen molar-refractivity contribution in [1.82, 2.24) is 5.32 Å². The van der Waals surface area contributed by atoms with Crippen molar-refractivity contribution in [3.05, 3.63) is 0 Å². The van der Waals surface area contributed by atoms with Crippen LogP contribution in [0.5, 0.6) is 0 Å². The van der Waals surface area contributed by atoms with Gasteiger partial charge in [-0.25, -0.2) is 0 Å². The van der Waals surface area contributed by atoms with Crippen LogP contribution in [0, 0.1) is 0 Å². The molecule has 0 fully saturated rings. The second-order valence-corrected chi connectivity index (χ2v) is 6.49. The van der Waals surface area contributed by atoms with Gasteiger partial charge in [-0.3, -0.25) is 9.59 Å². The molecule has 0 aromatic heterocycles. The zero-order valence-electron chi connectivity index (χ0n) is 17.1. The fourth-order valence-electron chi connectivity index (χ4n) is 2.68. The van der Waals surface area contributed by atoms with Gasteiger partial charge in [-0.1, -0.05) is 91.4 Å². The van der Waals surface area contributed by atoms with Crippen molar-refractivity contribution in [2.45, 2.75) is 117 Å². The summed E-state index contributed by atoms with van der Waals surface area (Å²) >= 11 is 0. The summed E-state index contributed by atoms with van der Waals surface area (Å²) in [6.07, 6.45) is 16.7. The van der Waals surface area contributed by atoms with Gasteiger partial charge in [0.15, 0.2) is 0 Å². The summed E-state index contributed by atoms with van der Waals surface area (Å²) in [5.74, 6) is -0.748. The maximum atomic E-state index is 11.5. The molecule has 0 aromatic carbocycles. The largest absolute Gasteiger partial charge is 0.481 e. The predicted molar refractivity (Wildman–Crippen MR) is 107 cm³/mol. The molecule has 0 heterocycles. The molecular formula is C21H43NO3. The van der Waals surface area contributed by atoms with Crippen molar-refractivity contribution in [2.75, 3.05) is 6.54 Å². The predicted octanol–water partition coefficient (Wildman–Crippen LogP) is 6.08. The van der Waals surface area contributed by atoms with Crippen LogP contribution in [0.4, 0.5) is 0 Å². The molecule has 0 aliphatic rings. The molecule has 0 aromatic rings. The number of hydrogen-bond acceptors (Lipinski definition) is 2. The third-order valence-corrected chi connectivity index (χ3v) is 4.15. The van der Waals surface area contributed by atoms with E-state index in [1.807, 2.05) is 13.8 Å². The van der Waals surface area contributed by atoms with E-state index < -0.39 is 5.97 Å². The molecule has 4 heteroatoms. The second-order valence-electron chi connectivity index (χ2n) is 6.49. The molecule has 0 saturated heterocycles. The highest BCUT2D eigenvalue weighted by atomic mass is 16.4. The Morgan fingerprint density at radius 2 is 1.12 bits per heavy atom. The summed E-state index contributed by atoms with van der Waals surface area (Å²) < 4.78 is 0. The Labute approximate surface area is 156 Å². The zero-order chi connectivity index (χ0) is 19.2. The number of hydrogen-bond donors (Lipinski definition) is 2. The lowest BCUT2D eigenvalue weighted by molar-refractivity contribution is -0.137. The fraction of sp³-hybridized carbons (Fsp3) is 0.905. The minimum absolute atomic E-state index is 0.0578. The van der Waals surface area contributed by atoms with E-state index >= 15 is 0 Å². The van der Waals surface area contributed by atoms with Crippen molar-refractivity contribution in [1.29, 1.82) is 0 Å². The Balaban J connectivity index is 0. The van der Waals surface area contributed by atoms with Crippen LogP contribution < -0.4 is 5.32 Å². The standard InChI is InChI=1S/C19H37NO3.C2H6/c1-2-3-4-5-6-7-8-9-10-11-12-13-15-18(21)20-17-14-16-19(22)23;1-2/h2-17H2,1H3,(H,20,21)(H,22,23);1-2H3. The molecule has 0 rings (SSSR count). The second kappa shape index (κ2) is 22.9. The van der Waals surface area contributed by atoms with Gasteiger partial charge < -0.3 is 10.4 Å². The highest BCUT2D eigenvalue weighted by Crippen LogP contribution is 2.12. The molecular weight excluding hydrogens is 314 g/mol. The summed E-state index contributed by atoms with van der Waals surface area (Å²) in [5.41, 5.74) is 0. The van der Waals surface area contributed by atoms with E-state index in [4.69, 9.17) is 5.11 Å². The van der Waals surface area contributed by atoms with Gasteiger partial charge in [0.25, 0.3) is 0 Å². The van der Waals surface area contributed by atoms with Crippen LogP contribution in [0.15, 0.2) is 0 Å². The van der Waals surface area contributed by atoms with Crippen LogP contribution >= 0.6 is 0 Å². The number of carboxylic acid groups (broad SMARTS) is 1. The van der Waals surface area contributed by atoms with Gasteiger partial charge in [0.05, 0.1) is 0 Å². The Morgan fingerprint density at radius 1 is 0.680 bits per heavy atom. The number of carbonyl (C=O) groups excluding carboxylic acids is 1. The van der Waals surface area contributed by atoms with Gasteiger partial charge in [0.1, 0.15) is 0 Å². The van der Waals surface area contributed by atoms with E-state index in [2.05, 4.69) is 12.2 Å². The average molecular weight is 358 g/mol. The third kappa shape index (κ3) is 25.3. The van der Waals surface area contributed by atoms with Crippen LogP contribution in [0.2, 0.25) is 0 Å². The van der Waals surface area contributed by atoms with Crippen molar-refractivity contribution in [3.8, 4) is 0 Å². The van der Waals surface area contributed by atoms with Crippen LogP contribution in [0.1, 0.15) is 117 Å². The first-order chi connectivity index (χ1) is 12.2. The van der Waals surface area contributed by atoms with E-state index in [0.717, 1.165) is 12.8 Å². The van der Waals surface area contributed by atoms with Crippen LogP contribution in [0.25, 0.3) is 0 Å². The summed E-state index contributed by atoms with van der Waals surface area (Å²) in [4.78, 5) is 21.8. The highest BCUT2D eigenvalue weighted by molar-refractivity contribution is 5.75. The lowest BCUT2D eigenvalue weighted by Gasteiger charge is -2.04. The molecule has 2 N–H and O–H groups in total. The van der Waals surface area contributed by atoms with Gasteiger partial charge in [0, 0.05) is 19.4 Å². The Bertz CT molecular complexity index is 293. The van der Waals surface area contributed by atoms with Crippen LogP contribution in [-0.4, -0.2) is 23.5 Å². The van der Waals surface area contributed by atoms with Gasteiger partial charge in [-0.15, -0.1) is 0 Å². The van der Waals surface area contributed by atoms with Crippen LogP contribution in [-0.2, 0) is 9.59 Å². The molecule has 4 nitrogen and oxygen atoms in total. The summed E-state index contributed by atoms with van der Waals surface area (Å²) in [6.45, 7) is 6.73. The zero-order valence-corrected chi connectivity index (χ0v) is 17.1. The van der Waals surface area contributed by atoms with Crippen molar-refractivity contribution < 1.29 is 14.7 Å². The Hall–Kier alpha value is -1.06. The molecule has 0 bridgehead atoms. The summed E-state index contributed by atoms with van der Waals surface area (Å²) in [5, 5.41) is 11.3. The smallest absolute Gasteiger partial charge is 0.303 e. The number of rotatable bonds is 17. The normalized spacial score (nSPS) is 10.0. The van der Waals surface area contributed by atoms with E-state index in [-0.39, 0.29) is 12.3 Å². The molecule has 0 aliphatic heterocycles. The summed E-state index contributed by atoms with van der Waals surface area (Å²) in [7, 11) is 0. The number of aliphatic carboxylic acids is 1. The van der Waals surface area contributed by atoms with E-state index in [1.54, 1.807) is 0 Å². The molecule has 0 spiro atoms. The number of unbranched alkanes of at least 4 members (excludes halogenated alkanes) is 11. The lowest BCUT2D eigenvalue weighted by Crippen LogP contribution is -2.24. The molecule has 0 unspecified atom stereocenters. The van der Waals surface area contributed by atoms with Crippen molar-refractivity contribution in [2.24, 2.45) is 0 Å². The Morgan fingerprint density at radius 3 is 1.56 bits per heavy atom. The molecule has 0 aliphatic carbocycles.